The fourth-order valence-corrected chi connectivity index (χ4v) is 2.27. The van der Waals surface area contributed by atoms with E-state index in [-0.39, 0.29) is 0 Å². The third-order valence-electron chi connectivity index (χ3n) is 3.26. The van der Waals surface area contributed by atoms with Crippen molar-refractivity contribution in [3.05, 3.63) is 36.0 Å². The second-order valence-electron chi connectivity index (χ2n) is 4.87. The van der Waals surface area contributed by atoms with Gasteiger partial charge in [0.2, 0.25) is 0 Å². The zero-order valence-electron chi connectivity index (χ0n) is 11.0. The Morgan fingerprint density at radius 2 is 2.06 bits per heavy atom. The molecule has 0 amide bonds. The second kappa shape index (κ2) is 5.26. The van der Waals surface area contributed by atoms with Crippen molar-refractivity contribution in [3.8, 4) is 0 Å². The smallest absolute Gasteiger partial charge is 0.0695 e. The summed E-state index contributed by atoms with van der Waals surface area (Å²) in [5.74, 6) is 0. The van der Waals surface area contributed by atoms with Crippen molar-refractivity contribution in [2.45, 2.75) is 46.1 Å². The largest absolute Gasteiger partial charge is 0.323 e. The van der Waals surface area contributed by atoms with Crippen molar-refractivity contribution in [1.82, 2.24) is 4.68 Å². The second-order valence-corrected chi connectivity index (χ2v) is 4.87. The Bertz CT molecular complexity index is 485. The molecule has 2 nitrogen and oxygen atoms in total. The van der Waals surface area contributed by atoms with Crippen molar-refractivity contribution in [2.24, 2.45) is 0 Å². The van der Waals surface area contributed by atoms with Crippen LogP contribution in [-0.4, -0.2) is 10.7 Å². The lowest BCUT2D eigenvalue weighted by Gasteiger charge is -2.16. The van der Waals surface area contributed by atoms with E-state index in [0.717, 1.165) is 0 Å². The first-order valence-corrected chi connectivity index (χ1v) is 6.55. The summed E-state index contributed by atoms with van der Waals surface area (Å²) in [6.45, 7) is 6.65. The van der Waals surface area contributed by atoms with Crippen LogP contribution in [0.15, 0.2) is 30.5 Å². The minimum atomic E-state index is 0.519. The van der Waals surface area contributed by atoms with E-state index in [1.165, 1.54) is 35.7 Å². The minimum Gasteiger partial charge on any atom is -0.323 e. The molecule has 2 heteroatoms. The third kappa shape index (κ3) is 2.63. The Hall–Kier alpha value is -1.44. The molecule has 1 unspecified atom stereocenters. The number of benzene rings is 1. The number of nitrogens with one attached hydrogen (secondary N) is 1. The highest BCUT2D eigenvalue weighted by Crippen LogP contribution is 2.19. The van der Waals surface area contributed by atoms with E-state index in [1.807, 2.05) is 0 Å². The summed E-state index contributed by atoms with van der Waals surface area (Å²) in [5.41, 5.74) is 6.16. The van der Waals surface area contributed by atoms with Gasteiger partial charge in [-0.25, -0.2) is 0 Å². The molecule has 2 aromatic rings. The van der Waals surface area contributed by atoms with Crippen LogP contribution in [-0.2, 0) is 0 Å². The van der Waals surface area contributed by atoms with Crippen molar-refractivity contribution in [2.75, 3.05) is 5.43 Å². The highest BCUT2D eigenvalue weighted by molar-refractivity contribution is 5.83. The van der Waals surface area contributed by atoms with Crippen molar-refractivity contribution in [1.29, 1.82) is 0 Å². The zero-order chi connectivity index (χ0) is 12.3. The van der Waals surface area contributed by atoms with E-state index in [0.29, 0.717) is 6.04 Å². The van der Waals surface area contributed by atoms with Crippen LogP contribution >= 0.6 is 0 Å². The first-order chi connectivity index (χ1) is 8.22. The van der Waals surface area contributed by atoms with E-state index in [1.54, 1.807) is 0 Å². The van der Waals surface area contributed by atoms with Crippen LogP contribution in [0.5, 0.6) is 0 Å². The van der Waals surface area contributed by atoms with E-state index in [2.05, 4.69) is 61.3 Å². The number of rotatable bonds is 5. The van der Waals surface area contributed by atoms with Gasteiger partial charge in [-0.3, -0.25) is 4.68 Å². The lowest BCUT2D eigenvalue weighted by atomic mass is 10.1. The average molecular weight is 230 g/mol. The molecule has 0 saturated heterocycles. The Balaban J connectivity index is 2.18. The molecule has 1 atom stereocenters. The maximum atomic E-state index is 3.56. The zero-order valence-corrected chi connectivity index (χ0v) is 11.0. The highest BCUT2D eigenvalue weighted by Gasteiger charge is 2.06. The molecule has 2 rings (SSSR count). The Morgan fingerprint density at radius 1 is 1.29 bits per heavy atom. The van der Waals surface area contributed by atoms with E-state index >= 15 is 0 Å². The number of fused-ring (bicyclic) bond motifs is 1. The van der Waals surface area contributed by atoms with E-state index in [9.17, 15) is 0 Å². The maximum Gasteiger partial charge on any atom is 0.0695 e. The first kappa shape index (κ1) is 12.0. The number of hydrogen-bond acceptors (Lipinski definition) is 1. The van der Waals surface area contributed by atoms with Gasteiger partial charge in [0.1, 0.15) is 0 Å². The van der Waals surface area contributed by atoms with Gasteiger partial charge >= 0.3 is 0 Å². The number of hydrogen-bond donors (Lipinski definition) is 1. The Kier molecular flexibility index (Phi) is 3.72. The summed E-state index contributed by atoms with van der Waals surface area (Å²) in [5, 5.41) is 1.34. The van der Waals surface area contributed by atoms with Crippen LogP contribution < -0.4 is 5.43 Å². The number of aryl methyl sites for hydroxylation is 1. The predicted octanol–water partition coefficient (Wildman–Crippen LogP) is 4.07. The summed E-state index contributed by atoms with van der Waals surface area (Å²) in [4.78, 5) is 0. The molecule has 0 aliphatic rings. The van der Waals surface area contributed by atoms with Crippen LogP contribution in [0, 0.1) is 6.92 Å². The van der Waals surface area contributed by atoms with Crippen molar-refractivity contribution in [3.63, 3.8) is 0 Å². The molecule has 0 aliphatic carbocycles. The molecule has 17 heavy (non-hydrogen) atoms. The SMILES string of the molecule is CCCCC(C)Nn1cc(C)c2ccccc21. The number of para-hydroxylation sites is 1. The van der Waals surface area contributed by atoms with Gasteiger partial charge < -0.3 is 5.43 Å². The molecule has 0 saturated carbocycles. The fraction of sp³-hybridized carbons (Fsp3) is 0.467. The molecule has 92 valence electrons. The quantitative estimate of drug-likeness (QED) is 0.819. The standard InChI is InChI=1S/C15H22N2/c1-4-5-8-13(3)16-17-11-12(2)14-9-6-7-10-15(14)17/h6-7,9-11,13,16H,4-5,8H2,1-3H3. The predicted molar refractivity (Wildman–Crippen MR) is 75.0 cm³/mol. The van der Waals surface area contributed by atoms with Gasteiger partial charge in [-0.05, 0) is 31.9 Å². The summed E-state index contributed by atoms with van der Waals surface area (Å²) in [6.07, 6.45) is 5.96. The summed E-state index contributed by atoms with van der Waals surface area (Å²) >= 11 is 0. The van der Waals surface area contributed by atoms with Crippen molar-refractivity contribution >= 4 is 10.9 Å². The Labute approximate surface area is 104 Å². The third-order valence-corrected chi connectivity index (χ3v) is 3.26. The van der Waals surface area contributed by atoms with Crippen LogP contribution in [0.3, 0.4) is 0 Å². The first-order valence-electron chi connectivity index (χ1n) is 6.55. The summed E-state index contributed by atoms with van der Waals surface area (Å²) in [7, 11) is 0. The molecule has 0 fully saturated rings. The van der Waals surface area contributed by atoms with Gasteiger partial charge in [-0.1, -0.05) is 38.0 Å². The summed E-state index contributed by atoms with van der Waals surface area (Å²) < 4.78 is 2.17. The summed E-state index contributed by atoms with van der Waals surface area (Å²) in [6, 6.07) is 9.06. The number of aromatic nitrogens is 1. The topological polar surface area (TPSA) is 17.0 Å². The monoisotopic (exact) mass is 230 g/mol. The number of nitrogens with zero attached hydrogens (tertiary/aromatic N) is 1. The van der Waals surface area contributed by atoms with Crippen LogP contribution in [0.2, 0.25) is 0 Å². The molecule has 0 spiro atoms. The van der Waals surface area contributed by atoms with Gasteiger partial charge in [0.05, 0.1) is 5.52 Å². The molecular weight excluding hydrogens is 208 g/mol. The molecule has 0 radical (unpaired) electrons. The van der Waals surface area contributed by atoms with Crippen LogP contribution in [0.4, 0.5) is 0 Å². The van der Waals surface area contributed by atoms with Gasteiger partial charge in [0.15, 0.2) is 0 Å². The van der Waals surface area contributed by atoms with Gasteiger partial charge in [-0.2, -0.15) is 0 Å². The lowest BCUT2D eigenvalue weighted by Crippen LogP contribution is -2.24. The van der Waals surface area contributed by atoms with Crippen LogP contribution in [0.1, 0.15) is 38.7 Å². The molecular formula is C15H22N2. The van der Waals surface area contributed by atoms with Gasteiger partial charge in [-0.15, -0.1) is 0 Å². The molecule has 1 aromatic carbocycles. The maximum absolute atomic E-state index is 3.56. The van der Waals surface area contributed by atoms with Gasteiger partial charge in [0.25, 0.3) is 0 Å². The van der Waals surface area contributed by atoms with E-state index < -0.39 is 0 Å². The highest BCUT2D eigenvalue weighted by atomic mass is 15.4. The fourth-order valence-electron chi connectivity index (χ4n) is 2.27. The lowest BCUT2D eigenvalue weighted by molar-refractivity contribution is 0.601. The minimum absolute atomic E-state index is 0.519. The molecule has 1 heterocycles. The van der Waals surface area contributed by atoms with Gasteiger partial charge in [0, 0.05) is 17.6 Å². The van der Waals surface area contributed by atoms with E-state index in [4.69, 9.17) is 0 Å². The molecule has 0 bridgehead atoms. The molecule has 0 aliphatic heterocycles. The number of unbranched alkanes of at least 4 members (excludes halogenated alkanes) is 1. The molecule has 1 aromatic heterocycles. The Morgan fingerprint density at radius 3 is 2.82 bits per heavy atom. The normalized spacial score (nSPS) is 12.9. The van der Waals surface area contributed by atoms with Crippen molar-refractivity contribution < 1.29 is 0 Å². The average Bonchev–Trinajstić information content (AvgIpc) is 2.65. The molecule has 1 N–H and O–H groups in total. The van der Waals surface area contributed by atoms with Crippen LogP contribution in [0.25, 0.3) is 10.9 Å².